The Balaban J connectivity index is 2.21. The molecule has 1 aromatic rings. The number of hydrogen-bond donors (Lipinski definition) is 1. The Hall–Kier alpha value is -0.530. The zero-order valence-electron chi connectivity index (χ0n) is 10.0. The van der Waals surface area contributed by atoms with Crippen molar-refractivity contribution in [1.82, 2.24) is 5.32 Å². The van der Waals surface area contributed by atoms with Crippen molar-refractivity contribution in [2.75, 3.05) is 7.05 Å². The average Bonchev–Trinajstić information content (AvgIpc) is 2.67. The second kappa shape index (κ2) is 5.20. The lowest BCUT2D eigenvalue weighted by Crippen LogP contribution is -2.26. The van der Waals surface area contributed by atoms with Crippen LogP contribution in [-0.2, 0) is 0 Å². The minimum absolute atomic E-state index is 0.455. The number of rotatable bonds is 3. The molecule has 1 fully saturated rings. The molecule has 0 aliphatic heterocycles. The van der Waals surface area contributed by atoms with Crippen molar-refractivity contribution in [3.8, 4) is 0 Å². The van der Waals surface area contributed by atoms with Crippen molar-refractivity contribution < 1.29 is 0 Å². The van der Waals surface area contributed by atoms with Crippen LogP contribution in [0.1, 0.15) is 37.8 Å². The van der Waals surface area contributed by atoms with E-state index in [-0.39, 0.29) is 0 Å². The van der Waals surface area contributed by atoms with Crippen LogP contribution >= 0.6 is 11.6 Å². The van der Waals surface area contributed by atoms with Gasteiger partial charge in [-0.2, -0.15) is 0 Å². The van der Waals surface area contributed by atoms with E-state index in [4.69, 9.17) is 11.6 Å². The van der Waals surface area contributed by atoms with Crippen molar-refractivity contribution in [2.45, 2.75) is 32.2 Å². The smallest absolute Gasteiger partial charge is 0.0409 e. The molecule has 0 heterocycles. The van der Waals surface area contributed by atoms with E-state index in [9.17, 15) is 0 Å². The molecule has 1 saturated carbocycles. The lowest BCUT2D eigenvalue weighted by atomic mass is 9.86. The minimum atomic E-state index is 0.455. The van der Waals surface area contributed by atoms with E-state index in [1.54, 1.807) is 0 Å². The van der Waals surface area contributed by atoms with Crippen molar-refractivity contribution in [3.05, 3.63) is 34.9 Å². The number of halogens is 1. The zero-order valence-corrected chi connectivity index (χ0v) is 10.8. The van der Waals surface area contributed by atoms with Crippen molar-refractivity contribution in [3.63, 3.8) is 0 Å². The summed E-state index contributed by atoms with van der Waals surface area (Å²) in [5, 5.41) is 4.30. The molecule has 16 heavy (non-hydrogen) atoms. The lowest BCUT2D eigenvalue weighted by molar-refractivity contribution is 0.315. The Bertz CT molecular complexity index is 350. The van der Waals surface area contributed by atoms with Crippen LogP contribution < -0.4 is 5.32 Å². The van der Waals surface area contributed by atoms with E-state index in [0.29, 0.717) is 6.04 Å². The highest BCUT2D eigenvalue weighted by atomic mass is 35.5. The number of hydrogen-bond acceptors (Lipinski definition) is 1. The van der Waals surface area contributed by atoms with Crippen LogP contribution in [-0.4, -0.2) is 7.05 Å². The molecule has 2 heteroatoms. The first kappa shape index (κ1) is 11.9. The van der Waals surface area contributed by atoms with Crippen LogP contribution in [0.25, 0.3) is 0 Å². The van der Waals surface area contributed by atoms with Crippen LogP contribution in [0.15, 0.2) is 24.3 Å². The molecule has 1 aliphatic rings. The molecule has 1 nitrogen and oxygen atoms in total. The predicted octanol–water partition coefficient (Wildman–Crippen LogP) is 4.04. The molecule has 0 amide bonds. The second-order valence-corrected chi connectivity index (χ2v) is 5.33. The first-order chi connectivity index (χ1) is 7.72. The summed E-state index contributed by atoms with van der Waals surface area (Å²) < 4.78 is 0. The maximum absolute atomic E-state index is 6.06. The Kier molecular flexibility index (Phi) is 3.88. The largest absolute Gasteiger partial charge is 0.313 e. The molecule has 0 bridgehead atoms. The summed E-state index contributed by atoms with van der Waals surface area (Å²) in [7, 11) is 2.05. The summed E-state index contributed by atoms with van der Waals surface area (Å²) in [5.74, 6) is 1.57. The highest BCUT2D eigenvalue weighted by molar-refractivity contribution is 6.30. The fraction of sp³-hybridized carbons (Fsp3) is 0.571. The van der Waals surface area contributed by atoms with Crippen molar-refractivity contribution in [2.24, 2.45) is 11.8 Å². The molecule has 0 saturated heterocycles. The molecule has 0 aromatic heterocycles. The van der Waals surface area contributed by atoms with Gasteiger partial charge in [0, 0.05) is 11.1 Å². The SMILES string of the molecule is CNC(c1cccc(Cl)c1)C1CCCC1C. The quantitative estimate of drug-likeness (QED) is 0.837. The third-order valence-electron chi connectivity index (χ3n) is 3.87. The molecule has 1 N–H and O–H groups in total. The highest BCUT2D eigenvalue weighted by Gasteiger charge is 2.30. The first-order valence-corrected chi connectivity index (χ1v) is 6.53. The van der Waals surface area contributed by atoms with Crippen LogP contribution in [0, 0.1) is 11.8 Å². The molecule has 1 aromatic carbocycles. The normalized spacial score (nSPS) is 26.9. The standard InChI is InChI=1S/C14H20ClN/c1-10-5-3-8-13(10)14(16-2)11-6-4-7-12(15)9-11/h4,6-7,9-10,13-14,16H,3,5,8H2,1-2H3. The van der Waals surface area contributed by atoms with Gasteiger partial charge in [-0.25, -0.2) is 0 Å². The van der Waals surface area contributed by atoms with E-state index < -0.39 is 0 Å². The molecular formula is C14H20ClN. The van der Waals surface area contributed by atoms with Crippen LogP contribution in [0.3, 0.4) is 0 Å². The Morgan fingerprint density at radius 2 is 2.19 bits per heavy atom. The summed E-state index contributed by atoms with van der Waals surface area (Å²) >= 11 is 6.06. The first-order valence-electron chi connectivity index (χ1n) is 6.15. The second-order valence-electron chi connectivity index (χ2n) is 4.89. The predicted molar refractivity (Wildman–Crippen MR) is 69.8 cm³/mol. The highest BCUT2D eigenvalue weighted by Crippen LogP contribution is 2.40. The topological polar surface area (TPSA) is 12.0 Å². The summed E-state index contributed by atoms with van der Waals surface area (Å²) in [5.41, 5.74) is 1.33. The van der Waals surface area contributed by atoms with Gasteiger partial charge in [-0.3, -0.25) is 0 Å². The summed E-state index contributed by atoms with van der Waals surface area (Å²) in [6.45, 7) is 2.37. The lowest BCUT2D eigenvalue weighted by Gasteiger charge is -2.27. The molecule has 0 radical (unpaired) electrons. The fourth-order valence-electron chi connectivity index (χ4n) is 3.00. The number of nitrogens with one attached hydrogen (secondary N) is 1. The maximum Gasteiger partial charge on any atom is 0.0409 e. The van der Waals surface area contributed by atoms with Gasteiger partial charge in [0.15, 0.2) is 0 Å². The Labute approximate surface area is 103 Å². The van der Waals surface area contributed by atoms with E-state index >= 15 is 0 Å². The summed E-state index contributed by atoms with van der Waals surface area (Å²) in [6, 6.07) is 8.71. The molecule has 2 rings (SSSR count). The van der Waals surface area contributed by atoms with Crippen LogP contribution in [0.4, 0.5) is 0 Å². The van der Waals surface area contributed by atoms with E-state index in [1.807, 2.05) is 12.1 Å². The van der Waals surface area contributed by atoms with Gasteiger partial charge >= 0.3 is 0 Å². The zero-order chi connectivity index (χ0) is 11.5. The summed E-state index contributed by atoms with van der Waals surface area (Å²) in [6.07, 6.45) is 4.06. The van der Waals surface area contributed by atoms with Crippen molar-refractivity contribution in [1.29, 1.82) is 0 Å². The van der Waals surface area contributed by atoms with Gasteiger partial charge in [-0.05, 0) is 43.0 Å². The monoisotopic (exact) mass is 237 g/mol. The Morgan fingerprint density at radius 1 is 1.38 bits per heavy atom. The third kappa shape index (κ3) is 2.41. The van der Waals surface area contributed by atoms with Gasteiger partial charge in [0.1, 0.15) is 0 Å². The average molecular weight is 238 g/mol. The molecule has 3 unspecified atom stereocenters. The molecule has 0 spiro atoms. The van der Waals surface area contributed by atoms with Gasteiger partial charge in [0.05, 0.1) is 0 Å². The van der Waals surface area contributed by atoms with E-state index in [0.717, 1.165) is 16.9 Å². The third-order valence-corrected chi connectivity index (χ3v) is 4.11. The van der Waals surface area contributed by atoms with E-state index in [2.05, 4.69) is 31.4 Å². The van der Waals surface area contributed by atoms with Crippen molar-refractivity contribution >= 4 is 11.6 Å². The maximum atomic E-state index is 6.06. The molecule has 88 valence electrons. The van der Waals surface area contributed by atoms with Gasteiger partial charge < -0.3 is 5.32 Å². The molecular weight excluding hydrogens is 218 g/mol. The summed E-state index contributed by atoms with van der Waals surface area (Å²) in [4.78, 5) is 0. The minimum Gasteiger partial charge on any atom is -0.313 e. The Morgan fingerprint density at radius 3 is 2.75 bits per heavy atom. The van der Waals surface area contributed by atoms with E-state index in [1.165, 1.54) is 24.8 Å². The molecule has 1 aliphatic carbocycles. The van der Waals surface area contributed by atoms with Gasteiger partial charge in [-0.1, -0.05) is 43.5 Å². The van der Waals surface area contributed by atoms with Gasteiger partial charge in [0.25, 0.3) is 0 Å². The fourth-order valence-corrected chi connectivity index (χ4v) is 3.20. The van der Waals surface area contributed by atoms with Crippen LogP contribution in [0.2, 0.25) is 5.02 Å². The van der Waals surface area contributed by atoms with Gasteiger partial charge in [-0.15, -0.1) is 0 Å². The number of benzene rings is 1. The van der Waals surface area contributed by atoms with Gasteiger partial charge in [0.2, 0.25) is 0 Å². The molecule has 3 atom stereocenters. The van der Waals surface area contributed by atoms with Crippen LogP contribution in [0.5, 0.6) is 0 Å².